The van der Waals surface area contributed by atoms with Gasteiger partial charge in [-0.15, -0.1) is 12.4 Å². The van der Waals surface area contributed by atoms with Gasteiger partial charge < -0.3 is 4.74 Å². The molecule has 0 aliphatic rings. The Morgan fingerprint density at radius 2 is 1.95 bits per heavy atom. The van der Waals surface area contributed by atoms with E-state index < -0.39 is 30.1 Å². The molecule has 0 heterocycles. The summed E-state index contributed by atoms with van der Waals surface area (Å²) in [7, 11) is 0. The van der Waals surface area contributed by atoms with Gasteiger partial charge in [-0.05, 0) is 35.0 Å². The van der Waals surface area contributed by atoms with E-state index in [2.05, 4.69) is 20.7 Å². The maximum atomic E-state index is 13.4. The minimum absolute atomic E-state index is 0. The van der Waals surface area contributed by atoms with Crippen molar-refractivity contribution in [3.63, 3.8) is 0 Å². The largest absolute Gasteiger partial charge is 0.450 e. The first-order valence-electron chi connectivity index (χ1n) is 5.04. The maximum absolute atomic E-state index is 13.4. The van der Waals surface area contributed by atoms with Crippen LogP contribution in [-0.2, 0) is 16.0 Å². The van der Waals surface area contributed by atoms with E-state index in [1.165, 1.54) is 0 Å². The summed E-state index contributed by atoms with van der Waals surface area (Å²) >= 11 is 2.82. The summed E-state index contributed by atoms with van der Waals surface area (Å²) in [6, 6.07) is 1.81. The molecule has 0 aliphatic carbocycles. The van der Waals surface area contributed by atoms with E-state index in [1.807, 2.05) is 5.32 Å². The number of carbonyl (C=O) groups is 2. The van der Waals surface area contributed by atoms with Crippen molar-refractivity contribution in [2.24, 2.45) is 0 Å². The number of nitrogens with one attached hydrogen (secondary N) is 1. The zero-order chi connectivity index (χ0) is 13.7. The molecule has 0 radical (unpaired) electrons. The van der Waals surface area contributed by atoms with Gasteiger partial charge in [0.05, 0.1) is 17.5 Å². The van der Waals surface area contributed by atoms with Crippen LogP contribution in [0.25, 0.3) is 0 Å². The van der Waals surface area contributed by atoms with E-state index in [1.54, 1.807) is 6.92 Å². The highest BCUT2D eigenvalue weighted by Crippen LogP contribution is 2.20. The maximum Gasteiger partial charge on any atom is 0.413 e. The zero-order valence-electron chi connectivity index (χ0n) is 9.84. The molecule has 8 heteroatoms. The van der Waals surface area contributed by atoms with Crippen LogP contribution in [-0.4, -0.2) is 18.6 Å². The van der Waals surface area contributed by atoms with Gasteiger partial charge in [-0.1, -0.05) is 0 Å². The Labute approximate surface area is 123 Å². The highest BCUT2D eigenvalue weighted by Gasteiger charge is 2.14. The van der Waals surface area contributed by atoms with Crippen molar-refractivity contribution in [1.29, 1.82) is 0 Å². The topological polar surface area (TPSA) is 55.4 Å². The first-order chi connectivity index (χ1) is 8.43. The van der Waals surface area contributed by atoms with Crippen molar-refractivity contribution in [2.75, 3.05) is 6.61 Å². The Morgan fingerprint density at radius 1 is 1.32 bits per heavy atom. The van der Waals surface area contributed by atoms with E-state index in [4.69, 9.17) is 0 Å². The Hall–Kier alpha value is -1.21. The average molecular weight is 359 g/mol. The van der Waals surface area contributed by atoms with Gasteiger partial charge in [-0.3, -0.25) is 10.1 Å². The van der Waals surface area contributed by atoms with Crippen LogP contribution in [0.4, 0.5) is 13.6 Å². The van der Waals surface area contributed by atoms with Crippen molar-refractivity contribution in [1.82, 2.24) is 5.32 Å². The fourth-order valence-corrected chi connectivity index (χ4v) is 1.51. The quantitative estimate of drug-likeness (QED) is 0.845. The zero-order valence-corrected chi connectivity index (χ0v) is 12.2. The summed E-state index contributed by atoms with van der Waals surface area (Å²) in [6.07, 6.45) is -1.37. The lowest BCUT2D eigenvalue weighted by Gasteiger charge is -2.06. The second kappa shape index (κ2) is 8.06. The molecule has 0 saturated heterocycles. The monoisotopic (exact) mass is 357 g/mol. The Kier molecular flexibility index (Phi) is 7.55. The fraction of sp³-hybridized carbons (Fsp3) is 0.273. The standard InChI is InChI=1S/C11H10BrF2NO3.ClH/c1-2-18-11(17)15-10(16)4-6-3-9(14)7(12)5-8(6)13;/h3,5H,2,4H2,1H3,(H,15,16,17);1H. The highest BCUT2D eigenvalue weighted by atomic mass is 79.9. The molecule has 0 aliphatic heterocycles. The number of imide groups is 1. The molecular formula is C11H11BrClF2NO3. The van der Waals surface area contributed by atoms with Gasteiger partial charge in [0, 0.05) is 5.56 Å². The van der Waals surface area contributed by atoms with Crippen molar-refractivity contribution in [3.8, 4) is 0 Å². The van der Waals surface area contributed by atoms with Gasteiger partial charge in [0.25, 0.3) is 0 Å². The molecule has 106 valence electrons. The molecule has 1 rings (SSSR count). The van der Waals surface area contributed by atoms with Gasteiger partial charge in [0.2, 0.25) is 5.91 Å². The normalized spacial score (nSPS) is 9.47. The second-order valence-corrected chi connectivity index (χ2v) is 4.16. The van der Waals surface area contributed by atoms with Crippen LogP contribution in [0.15, 0.2) is 16.6 Å². The van der Waals surface area contributed by atoms with E-state index in [0.717, 1.165) is 12.1 Å². The molecule has 0 spiro atoms. The molecular weight excluding hydrogens is 347 g/mol. The molecule has 0 saturated carbocycles. The first kappa shape index (κ1) is 17.8. The lowest BCUT2D eigenvalue weighted by Crippen LogP contribution is -2.32. The Bertz CT molecular complexity index is 485. The van der Waals surface area contributed by atoms with E-state index in [0.29, 0.717) is 0 Å². The molecule has 0 bridgehead atoms. The summed E-state index contributed by atoms with van der Waals surface area (Å²) in [4.78, 5) is 22.3. The number of ether oxygens (including phenoxy) is 1. The predicted octanol–water partition coefficient (Wildman–Crippen LogP) is 2.96. The van der Waals surface area contributed by atoms with Crippen LogP contribution in [0.1, 0.15) is 12.5 Å². The Balaban J connectivity index is 0.00000324. The number of carbonyl (C=O) groups excluding carboxylic acids is 2. The third kappa shape index (κ3) is 5.52. The molecule has 1 aromatic rings. The number of hydrogen-bond acceptors (Lipinski definition) is 3. The molecule has 0 aromatic heterocycles. The van der Waals surface area contributed by atoms with Crippen molar-refractivity contribution < 1.29 is 23.1 Å². The summed E-state index contributed by atoms with van der Waals surface area (Å²) in [5.41, 5.74) is -0.141. The van der Waals surface area contributed by atoms with E-state index in [-0.39, 0.29) is 29.1 Å². The number of rotatable bonds is 3. The van der Waals surface area contributed by atoms with Gasteiger partial charge in [-0.2, -0.15) is 0 Å². The molecule has 0 unspecified atom stereocenters. The SMILES string of the molecule is CCOC(=O)NC(=O)Cc1cc(F)c(Br)cc1F.Cl. The summed E-state index contributed by atoms with van der Waals surface area (Å²) in [6.45, 7) is 1.69. The molecule has 0 atom stereocenters. The molecule has 19 heavy (non-hydrogen) atoms. The molecule has 1 N–H and O–H groups in total. The number of alkyl carbamates (subject to hydrolysis) is 1. The first-order valence-corrected chi connectivity index (χ1v) is 5.83. The summed E-state index contributed by atoms with van der Waals surface area (Å²) in [5, 5.41) is 1.89. The number of hydrogen-bond donors (Lipinski definition) is 1. The van der Waals surface area contributed by atoms with Crippen LogP contribution in [0.2, 0.25) is 0 Å². The third-order valence-corrected chi connectivity index (χ3v) is 2.56. The molecule has 2 amide bonds. The minimum atomic E-state index is -0.916. The lowest BCUT2D eigenvalue weighted by molar-refractivity contribution is -0.119. The summed E-state index contributed by atoms with van der Waals surface area (Å²) in [5.74, 6) is -2.19. The van der Waals surface area contributed by atoms with Crippen LogP contribution in [0.5, 0.6) is 0 Å². The average Bonchev–Trinajstić information content (AvgIpc) is 2.26. The van der Waals surface area contributed by atoms with Gasteiger partial charge in [-0.25, -0.2) is 13.6 Å². The second-order valence-electron chi connectivity index (χ2n) is 3.30. The third-order valence-electron chi connectivity index (χ3n) is 1.96. The molecule has 1 aromatic carbocycles. The van der Waals surface area contributed by atoms with E-state index in [9.17, 15) is 18.4 Å². The lowest BCUT2D eigenvalue weighted by atomic mass is 10.1. The molecule has 0 fully saturated rings. The van der Waals surface area contributed by atoms with Crippen LogP contribution >= 0.6 is 28.3 Å². The summed E-state index contributed by atoms with van der Waals surface area (Å²) < 4.78 is 31.0. The fourth-order valence-electron chi connectivity index (χ4n) is 1.20. The number of amides is 2. The van der Waals surface area contributed by atoms with Gasteiger partial charge >= 0.3 is 6.09 Å². The van der Waals surface area contributed by atoms with Crippen molar-refractivity contribution >= 4 is 40.3 Å². The smallest absolute Gasteiger partial charge is 0.413 e. The minimum Gasteiger partial charge on any atom is -0.450 e. The van der Waals surface area contributed by atoms with Gasteiger partial charge in [0.1, 0.15) is 11.6 Å². The number of halogens is 4. The van der Waals surface area contributed by atoms with Crippen LogP contribution in [0.3, 0.4) is 0 Å². The molecule has 4 nitrogen and oxygen atoms in total. The van der Waals surface area contributed by atoms with E-state index >= 15 is 0 Å². The van der Waals surface area contributed by atoms with Gasteiger partial charge in [0.15, 0.2) is 0 Å². The van der Waals surface area contributed by atoms with Crippen LogP contribution in [0, 0.1) is 11.6 Å². The van der Waals surface area contributed by atoms with Crippen molar-refractivity contribution in [2.45, 2.75) is 13.3 Å². The highest BCUT2D eigenvalue weighted by molar-refractivity contribution is 9.10. The van der Waals surface area contributed by atoms with Crippen molar-refractivity contribution in [3.05, 3.63) is 33.8 Å². The number of benzene rings is 1. The Morgan fingerprint density at radius 3 is 2.53 bits per heavy atom. The predicted molar refractivity (Wildman–Crippen MR) is 70.2 cm³/mol. The van der Waals surface area contributed by atoms with Crippen LogP contribution < -0.4 is 5.32 Å².